The summed E-state index contributed by atoms with van der Waals surface area (Å²) < 4.78 is 6.63. The number of aromatic hydroxyl groups is 1. The number of carbonyl (C=O) groups is 1. The maximum absolute atomic E-state index is 13.9. The van der Waals surface area contributed by atoms with Gasteiger partial charge in [0.1, 0.15) is 5.82 Å². The zero-order chi connectivity index (χ0) is 27.9. The smallest absolute Gasteiger partial charge is 0.258 e. The zero-order valence-corrected chi connectivity index (χ0v) is 23.8. The third-order valence-corrected chi connectivity index (χ3v) is 7.49. The highest BCUT2D eigenvalue weighted by atomic mass is 16.5. The molecular weight excluding hydrogens is 482 g/mol. The van der Waals surface area contributed by atoms with Gasteiger partial charge in [-0.3, -0.25) is 4.79 Å². The number of aromatic nitrogens is 2. The van der Waals surface area contributed by atoms with E-state index in [1.54, 1.807) is 0 Å². The molecule has 0 saturated heterocycles. The predicted molar refractivity (Wildman–Crippen MR) is 161 cm³/mol. The van der Waals surface area contributed by atoms with E-state index in [0.29, 0.717) is 6.42 Å². The molecule has 3 aromatic rings. The van der Waals surface area contributed by atoms with Crippen molar-refractivity contribution in [2.45, 2.75) is 53.4 Å². The Morgan fingerprint density at radius 1 is 1.05 bits per heavy atom. The normalized spacial score (nSPS) is 17.9. The monoisotopic (exact) mass is 520 g/mol. The molecular formula is C34H38N3O2+. The van der Waals surface area contributed by atoms with Crippen molar-refractivity contribution in [3.63, 3.8) is 0 Å². The summed E-state index contributed by atoms with van der Waals surface area (Å²) in [5.74, 6) is 1.69. The molecule has 2 heterocycles. The molecule has 5 rings (SSSR count). The zero-order valence-electron chi connectivity index (χ0n) is 23.8. The second-order valence-electron chi connectivity index (χ2n) is 11.6. The average molecular weight is 521 g/mol. The number of hydrogen-bond acceptors (Lipinski definition) is 3. The number of para-hydroxylation sites is 1. The summed E-state index contributed by atoms with van der Waals surface area (Å²) in [5.41, 5.74) is 8.65. The number of rotatable bonds is 6. The molecule has 2 aromatic carbocycles. The van der Waals surface area contributed by atoms with Crippen molar-refractivity contribution in [1.29, 1.82) is 0 Å². The van der Waals surface area contributed by atoms with Crippen molar-refractivity contribution in [1.82, 2.24) is 9.78 Å². The summed E-state index contributed by atoms with van der Waals surface area (Å²) >= 11 is 0. The van der Waals surface area contributed by atoms with E-state index in [2.05, 4.69) is 68.6 Å². The summed E-state index contributed by atoms with van der Waals surface area (Å²) in [5, 5.41) is 9.00. The lowest BCUT2D eigenvalue weighted by atomic mass is 9.68. The largest absolute Gasteiger partial charge is 0.584 e. The molecule has 2 aliphatic rings. The van der Waals surface area contributed by atoms with Crippen LogP contribution < -0.4 is 5.32 Å². The lowest BCUT2D eigenvalue weighted by Crippen LogP contribution is -2.34. The molecule has 0 bridgehead atoms. The quantitative estimate of drug-likeness (QED) is 0.265. The van der Waals surface area contributed by atoms with Crippen molar-refractivity contribution in [2.24, 2.45) is 5.41 Å². The van der Waals surface area contributed by atoms with Crippen molar-refractivity contribution in [2.75, 3.05) is 12.4 Å². The summed E-state index contributed by atoms with van der Waals surface area (Å²) in [6.07, 6.45) is 5.39. The molecule has 1 aliphatic carbocycles. The number of nitrogens with zero attached hydrogens (tertiary/aromatic N) is 2. The number of ketones is 1. The van der Waals surface area contributed by atoms with Crippen LogP contribution in [-0.4, -0.2) is 27.4 Å². The Balaban J connectivity index is 1.88. The van der Waals surface area contributed by atoms with Crippen molar-refractivity contribution in [3.8, 4) is 17.0 Å². The van der Waals surface area contributed by atoms with Crippen LogP contribution in [0.3, 0.4) is 0 Å². The van der Waals surface area contributed by atoms with Gasteiger partial charge in [-0.1, -0.05) is 80.1 Å². The first-order valence-corrected chi connectivity index (χ1v) is 13.5. The second kappa shape index (κ2) is 10.2. The standard InChI is InChI=1S/C34H37N3O2/c1-21(2)17-18-26(22(3)4)37-33-31(32(36-37)23-13-9-8-10-14-23)29(24-15-11-12-16-28(24)39-7)30-25(35-33)19-34(5,6)20-27(30)38/h8-18,29,35H,1,19-20H2,2-7H3/p+1/b18-17-. The van der Waals surface area contributed by atoms with Crippen LogP contribution in [0.2, 0.25) is 0 Å². The molecule has 1 aliphatic heterocycles. The first-order chi connectivity index (χ1) is 18.6. The van der Waals surface area contributed by atoms with Crippen LogP contribution in [0.1, 0.15) is 64.5 Å². The molecule has 0 fully saturated rings. The number of ether oxygens (including phenoxy) is 1. The number of anilines is 1. The van der Waals surface area contributed by atoms with Gasteiger partial charge in [-0.15, -0.1) is 0 Å². The number of carbonyl (C=O) groups excluding carboxylic acids is 1. The number of fused-ring (bicyclic) bond motifs is 1. The van der Waals surface area contributed by atoms with Crippen molar-refractivity contribution < 1.29 is 9.53 Å². The molecule has 1 aromatic heterocycles. The SMILES string of the molecule is C=C(C)/C=C\C(=C(C)C)n1nc(-c2ccccc2)c2c1NC1=C(C(=O)CC(C)(C)C1)C2c1ccccc1[OH+]C. The third-order valence-electron chi connectivity index (χ3n) is 7.49. The Kier molecular flexibility index (Phi) is 6.94. The minimum absolute atomic E-state index is 0.133. The topological polar surface area (TPSA) is 59.7 Å². The second-order valence-corrected chi connectivity index (χ2v) is 11.6. The lowest BCUT2D eigenvalue weighted by Gasteiger charge is -2.38. The summed E-state index contributed by atoms with van der Waals surface area (Å²) in [7, 11) is 1.81. The fourth-order valence-corrected chi connectivity index (χ4v) is 5.79. The maximum Gasteiger partial charge on any atom is 0.258 e. The van der Waals surface area contributed by atoms with Gasteiger partial charge in [0, 0.05) is 34.9 Å². The molecule has 39 heavy (non-hydrogen) atoms. The van der Waals surface area contributed by atoms with E-state index in [1.807, 2.05) is 61.2 Å². The van der Waals surface area contributed by atoms with Gasteiger partial charge >= 0.3 is 0 Å². The van der Waals surface area contributed by atoms with Gasteiger partial charge < -0.3 is 10.1 Å². The third kappa shape index (κ3) is 4.89. The Labute approximate surface area is 231 Å². The highest BCUT2D eigenvalue weighted by Crippen LogP contribution is 2.53. The molecule has 5 nitrogen and oxygen atoms in total. The van der Waals surface area contributed by atoms with Gasteiger partial charge in [0.2, 0.25) is 0 Å². The number of aliphatic hydroxyl groups is 1. The molecule has 200 valence electrons. The van der Waals surface area contributed by atoms with Crippen LogP contribution in [0.5, 0.6) is 5.75 Å². The summed E-state index contributed by atoms with van der Waals surface area (Å²) in [6.45, 7) is 14.6. The van der Waals surface area contributed by atoms with Crippen LogP contribution in [0.15, 0.2) is 95.7 Å². The van der Waals surface area contributed by atoms with E-state index in [4.69, 9.17) is 5.10 Å². The van der Waals surface area contributed by atoms with Crippen LogP contribution in [0, 0.1) is 5.41 Å². The minimum Gasteiger partial charge on any atom is -0.584 e. The first-order valence-electron chi connectivity index (χ1n) is 13.5. The molecule has 0 amide bonds. The summed E-state index contributed by atoms with van der Waals surface area (Å²) in [6, 6.07) is 18.4. The van der Waals surface area contributed by atoms with Gasteiger partial charge in [-0.25, -0.2) is 4.68 Å². The van der Waals surface area contributed by atoms with Crippen LogP contribution in [-0.2, 0) is 4.79 Å². The number of hydrogen-bond donors (Lipinski definition) is 1. The van der Waals surface area contributed by atoms with Crippen LogP contribution in [0.4, 0.5) is 5.82 Å². The van der Waals surface area contributed by atoms with Gasteiger partial charge in [-0.05, 0) is 44.7 Å². The Morgan fingerprint density at radius 3 is 2.41 bits per heavy atom. The average Bonchev–Trinajstić information content (AvgIpc) is 3.25. The molecule has 0 spiro atoms. The van der Waals surface area contributed by atoms with Gasteiger partial charge in [0.05, 0.1) is 22.9 Å². The molecule has 1 unspecified atom stereocenters. The van der Waals surface area contributed by atoms with Gasteiger partial charge in [-0.2, -0.15) is 5.10 Å². The van der Waals surface area contributed by atoms with E-state index in [-0.39, 0.29) is 17.1 Å². The van der Waals surface area contributed by atoms with E-state index in [0.717, 1.165) is 68.5 Å². The van der Waals surface area contributed by atoms with Crippen LogP contribution >= 0.6 is 0 Å². The van der Waals surface area contributed by atoms with E-state index in [1.165, 1.54) is 0 Å². The first kappa shape index (κ1) is 26.5. The van der Waals surface area contributed by atoms with E-state index in [9.17, 15) is 4.79 Å². The number of benzene rings is 2. The molecule has 5 heteroatoms. The highest BCUT2D eigenvalue weighted by Gasteiger charge is 2.45. The van der Waals surface area contributed by atoms with Crippen LogP contribution in [0.25, 0.3) is 17.0 Å². The highest BCUT2D eigenvalue weighted by molar-refractivity contribution is 6.02. The van der Waals surface area contributed by atoms with Crippen molar-refractivity contribution >= 4 is 17.3 Å². The predicted octanol–water partition coefficient (Wildman–Crippen LogP) is 8.01. The maximum atomic E-state index is 13.9. The molecule has 0 saturated carbocycles. The van der Waals surface area contributed by atoms with Gasteiger partial charge in [0.15, 0.2) is 12.9 Å². The fourth-order valence-electron chi connectivity index (χ4n) is 5.79. The number of Topliss-reactive ketones (excluding diaryl/α,β-unsaturated/α-hetero) is 1. The Morgan fingerprint density at radius 2 is 1.74 bits per heavy atom. The van der Waals surface area contributed by atoms with Crippen molar-refractivity contribution in [3.05, 3.63) is 107 Å². The molecule has 2 N–H and O–H groups in total. The molecule has 0 radical (unpaired) electrons. The van der Waals surface area contributed by atoms with Gasteiger partial charge in [0.25, 0.3) is 5.75 Å². The lowest BCUT2D eigenvalue weighted by molar-refractivity contribution is -0.118. The fraction of sp³-hybridized carbons (Fsp3) is 0.294. The minimum atomic E-state index is -0.285. The number of nitrogens with one attached hydrogen (secondary N) is 1. The Hall–Kier alpha value is -4.12. The summed E-state index contributed by atoms with van der Waals surface area (Å²) in [4.78, 5) is 13.9. The number of allylic oxidation sites excluding steroid dienone is 7. The Bertz CT molecular complexity index is 1550. The van der Waals surface area contributed by atoms with E-state index >= 15 is 0 Å². The molecule has 1 atom stereocenters. The van der Waals surface area contributed by atoms with E-state index < -0.39 is 0 Å².